The van der Waals surface area contributed by atoms with Crippen LogP contribution in [0.3, 0.4) is 0 Å². The molecule has 0 aliphatic rings. The summed E-state index contributed by atoms with van der Waals surface area (Å²) in [6.45, 7) is 0.308. The van der Waals surface area contributed by atoms with Gasteiger partial charge in [-0.2, -0.15) is 0 Å². The van der Waals surface area contributed by atoms with Crippen molar-refractivity contribution in [2.24, 2.45) is 5.73 Å². The number of anilines is 1. The molecule has 0 fully saturated rings. The molecular formula is C20H18N4O4S. The number of primary amides is 1. The fourth-order valence-electron chi connectivity index (χ4n) is 2.53. The number of nitrogens with one attached hydrogen (secondary N) is 2. The van der Waals surface area contributed by atoms with Crippen molar-refractivity contribution in [1.82, 2.24) is 10.3 Å². The Kier molecular flexibility index (Phi) is 5.89. The summed E-state index contributed by atoms with van der Waals surface area (Å²) in [5, 5.41) is 5.31. The lowest BCUT2D eigenvalue weighted by Gasteiger charge is -2.09. The summed E-state index contributed by atoms with van der Waals surface area (Å²) in [7, 11) is -3.83. The number of pyridine rings is 1. The number of hydrogen-bond donors (Lipinski definition) is 3. The van der Waals surface area contributed by atoms with Crippen LogP contribution < -0.4 is 16.4 Å². The Morgan fingerprint density at radius 3 is 2.38 bits per heavy atom. The first kappa shape index (κ1) is 20.0. The van der Waals surface area contributed by atoms with Crippen molar-refractivity contribution in [3.8, 4) is 0 Å². The lowest BCUT2D eigenvalue weighted by Crippen LogP contribution is -2.28. The van der Waals surface area contributed by atoms with E-state index in [9.17, 15) is 18.0 Å². The Labute approximate surface area is 167 Å². The van der Waals surface area contributed by atoms with Gasteiger partial charge in [-0.1, -0.05) is 12.1 Å². The van der Waals surface area contributed by atoms with Gasteiger partial charge >= 0.3 is 6.03 Å². The summed E-state index contributed by atoms with van der Waals surface area (Å²) in [6, 6.07) is 14.4. The van der Waals surface area contributed by atoms with Crippen LogP contribution in [0.4, 0.5) is 10.5 Å². The van der Waals surface area contributed by atoms with Gasteiger partial charge in [0.05, 0.1) is 9.79 Å². The minimum absolute atomic E-state index is 0.0282. The number of sulfone groups is 1. The quantitative estimate of drug-likeness (QED) is 0.574. The first-order valence-electron chi connectivity index (χ1n) is 8.55. The lowest BCUT2D eigenvalue weighted by atomic mass is 10.2. The highest BCUT2D eigenvalue weighted by molar-refractivity contribution is 7.91. The van der Waals surface area contributed by atoms with Gasteiger partial charge in [0.25, 0.3) is 0 Å². The predicted molar refractivity (Wildman–Crippen MR) is 107 cm³/mol. The number of hydrogen-bond acceptors (Lipinski definition) is 5. The molecule has 9 heteroatoms. The van der Waals surface area contributed by atoms with Crippen LogP contribution >= 0.6 is 0 Å². The first-order valence-corrected chi connectivity index (χ1v) is 10.0. The van der Waals surface area contributed by atoms with Gasteiger partial charge in [-0.25, -0.2) is 13.2 Å². The van der Waals surface area contributed by atoms with E-state index in [4.69, 9.17) is 5.73 Å². The van der Waals surface area contributed by atoms with Crippen molar-refractivity contribution in [2.45, 2.75) is 16.3 Å². The van der Waals surface area contributed by atoms with Crippen LogP contribution in [0.5, 0.6) is 0 Å². The molecule has 0 spiro atoms. The van der Waals surface area contributed by atoms with Crippen LogP contribution in [0.1, 0.15) is 15.9 Å². The van der Waals surface area contributed by atoms with Crippen molar-refractivity contribution in [1.29, 1.82) is 0 Å². The zero-order valence-corrected chi connectivity index (χ0v) is 16.0. The van der Waals surface area contributed by atoms with E-state index in [0.717, 1.165) is 5.56 Å². The minimum atomic E-state index is -3.83. The summed E-state index contributed by atoms with van der Waals surface area (Å²) < 4.78 is 25.5. The van der Waals surface area contributed by atoms with Crippen LogP contribution in [-0.4, -0.2) is 25.3 Å². The Balaban J connectivity index is 1.68. The van der Waals surface area contributed by atoms with Gasteiger partial charge in [-0.3, -0.25) is 9.78 Å². The lowest BCUT2D eigenvalue weighted by molar-refractivity contribution is 0.1000. The molecule has 3 rings (SSSR count). The van der Waals surface area contributed by atoms with Gasteiger partial charge < -0.3 is 16.4 Å². The van der Waals surface area contributed by atoms with Gasteiger partial charge in [-0.05, 0) is 54.1 Å². The SMILES string of the molecule is NC(=O)c1cccc(S(=O)(=O)c2ccc(NC(=O)NCc3cccnc3)cc2)c1. The number of carbonyl (C=O) groups is 2. The molecule has 0 bridgehead atoms. The first-order chi connectivity index (χ1) is 13.9. The number of nitrogens with two attached hydrogens (primary N) is 1. The van der Waals surface area contributed by atoms with Gasteiger partial charge in [0.2, 0.25) is 15.7 Å². The number of amides is 3. The maximum Gasteiger partial charge on any atom is 0.319 e. The second kappa shape index (κ2) is 8.53. The van der Waals surface area contributed by atoms with Crippen LogP contribution in [0.25, 0.3) is 0 Å². The van der Waals surface area contributed by atoms with Gasteiger partial charge in [0.1, 0.15) is 0 Å². The number of urea groups is 1. The second-order valence-corrected chi connectivity index (χ2v) is 8.04. The van der Waals surface area contributed by atoms with Crippen molar-refractivity contribution in [3.05, 3.63) is 84.2 Å². The Morgan fingerprint density at radius 1 is 0.966 bits per heavy atom. The normalized spacial score (nSPS) is 10.9. The largest absolute Gasteiger partial charge is 0.366 e. The van der Waals surface area contributed by atoms with Crippen molar-refractivity contribution in [3.63, 3.8) is 0 Å². The average molecular weight is 410 g/mol. The fraction of sp³-hybridized carbons (Fsp3) is 0.0500. The topological polar surface area (TPSA) is 131 Å². The number of aromatic nitrogens is 1. The summed E-state index contributed by atoms with van der Waals surface area (Å²) in [4.78, 5) is 27.2. The number of nitrogens with zero attached hydrogens (tertiary/aromatic N) is 1. The number of rotatable bonds is 6. The molecular weight excluding hydrogens is 392 g/mol. The van der Waals surface area contributed by atoms with E-state index in [1.54, 1.807) is 18.5 Å². The van der Waals surface area contributed by atoms with E-state index in [1.165, 1.54) is 48.5 Å². The molecule has 4 N–H and O–H groups in total. The molecule has 2 aromatic carbocycles. The van der Waals surface area contributed by atoms with E-state index < -0.39 is 21.8 Å². The third kappa shape index (κ3) is 4.96. The van der Waals surface area contributed by atoms with Crippen LogP contribution in [0, 0.1) is 0 Å². The second-order valence-electron chi connectivity index (χ2n) is 6.09. The fourth-order valence-corrected chi connectivity index (χ4v) is 3.84. The average Bonchev–Trinajstić information content (AvgIpc) is 2.73. The van der Waals surface area contributed by atoms with Crippen LogP contribution in [0.15, 0.2) is 82.8 Å². The smallest absolute Gasteiger partial charge is 0.319 e. The highest BCUT2D eigenvalue weighted by Gasteiger charge is 2.19. The summed E-state index contributed by atoms with van der Waals surface area (Å²) in [5.41, 5.74) is 6.59. The molecule has 0 radical (unpaired) electrons. The summed E-state index contributed by atoms with van der Waals surface area (Å²) in [5.74, 6) is -0.709. The van der Waals surface area contributed by atoms with Crippen LogP contribution in [-0.2, 0) is 16.4 Å². The standard InChI is InChI=1S/C20H18N4O4S/c21-19(25)15-4-1-5-18(11-15)29(27,28)17-8-6-16(7-9-17)24-20(26)23-13-14-3-2-10-22-12-14/h1-12H,13H2,(H2,21,25)(H2,23,24,26). The highest BCUT2D eigenvalue weighted by Crippen LogP contribution is 2.23. The molecule has 3 aromatic rings. The van der Waals surface area contributed by atoms with E-state index in [0.29, 0.717) is 12.2 Å². The Hall–Kier alpha value is -3.72. The van der Waals surface area contributed by atoms with Crippen molar-refractivity contribution < 1.29 is 18.0 Å². The van der Waals surface area contributed by atoms with E-state index in [2.05, 4.69) is 15.6 Å². The molecule has 0 aliphatic heterocycles. The highest BCUT2D eigenvalue weighted by atomic mass is 32.2. The molecule has 1 heterocycles. The summed E-state index contributed by atoms with van der Waals surface area (Å²) >= 11 is 0. The zero-order chi connectivity index (χ0) is 20.9. The van der Waals surface area contributed by atoms with E-state index >= 15 is 0 Å². The van der Waals surface area contributed by atoms with E-state index in [1.807, 2.05) is 6.07 Å². The summed E-state index contributed by atoms with van der Waals surface area (Å²) in [6.07, 6.45) is 3.29. The molecule has 8 nitrogen and oxygen atoms in total. The Morgan fingerprint density at radius 2 is 1.72 bits per heavy atom. The molecule has 0 saturated carbocycles. The molecule has 0 aliphatic carbocycles. The molecule has 0 saturated heterocycles. The molecule has 148 valence electrons. The monoisotopic (exact) mass is 410 g/mol. The predicted octanol–water partition coefficient (Wildman–Crippen LogP) is 2.34. The van der Waals surface area contributed by atoms with Crippen molar-refractivity contribution in [2.75, 3.05) is 5.32 Å². The number of benzene rings is 2. The maximum atomic E-state index is 12.7. The van der Waals surface area contributed by atoms with Gasteiger partial charge in [0, 0.05) is 30.2 Å². The van der Waals surface area contributed by atoms with Crippen molar-refractivity contribution >= 4 is 27.5 Å². The van der Waals surface area contributed by atoms with Gasteiger partial charge in [0.15, 0.2) is 0 Å². The molecule has 3 amide bonds. The van der Waals surface area contributed by atoms with E-state index in [-0.39, 0.29) is 15.4 Å². The molecule has 29 heavy (non-hydrogen) atoms. The molecule has 1 aromatic heterocycles. The minimum Gasteiger partial charge on any atom is -0.366 e. The zero-order valence-electron chi connectivity index (χ0n) is 15.2. The van der Waals surface area contributed by atoms with Gasteiger partial charge in [-0.15, -0.1) is 0 Å². The maximum absolute atomic E-state index is 12.7. The number of carbonyl (C=O) groups excluding carboxylic acids is 2. The molecule has 0 atom stereocenters. The third-order valence-electron chi connectivity index (χ3n) is 4.03. The Bertz CT molecular complexity index is 1130. The molecule has 0 unspecified atom stereocenters. The van der Waals surface area contributed by atoms with Crippen LogP contribution in [0.2, 0.25) is 0 Å². The third-order valence-corrected chi connectivity index (χ3v) is 5.79.